The molecule has 1 aromatic carbocycles. The quantitative estimate of drug-likeness (QED) is 0.847. The van der Waals surface area contributed by atoms with Crippen LogP contribution in [0.4, 0.5) is 0 Å². The summed E-state index contributed by atoms with van der Waals surface area (Å²) in [6, 6.07) is 9.73. The zero-order valence-corrected chi connectivity index (χ0v) is 14.8. The van der Waals surface area contributed by atoms with Crippen LogP contribution in [0, 0.1) is 0 Å². The third-order valence-electron chi connectivity index (χ3n) is 4.56. The van der Waals surface area contributed by atoms with Crippen LogP contribution < -0.4 is 5.32 Å². The first kappa shape index (κ1) is 17.0. The summed E-state index contributed by atoms with van der Waals surface area (Å²) in [5.41, 5.74) is 2.51. The third kappa shape index (κ3) is 4.36. The van der Waals surface area contributed by atoms with Crippen LogP contribution in [0.5, 0.6) is 5.75 Å². The maximum atomic E-state index is 12.4. The van der Waals surface area contributed by atoms with Crippen molar-refractivity contribution < 1.29 is 9.90 Å². The van der Waals surface area contributed by atoms with Crippen molar-refractivity contribution in [2.24, 2.45) is 0 Å². The van der Waals surface area contributed by atoms with Crippen LogP contribution >= 0.6 is 11.3 Å². The number of hydrogen-bond acceptors (Lipinski definition) is 4. The minimum absolute atomic E-state index is 0.184. The molecule has 5 heteroatoms. The molecule has 1 aliphatic heterocycles. The smallest absolute Gasteiger partial charge is 0.236 e. The molecule has 0 radical (unpaired) electrons. The van der Waals surface area contributed by atoms with Crippen molar-refractivity contribution in [2.75, 3.05) is 13.1 Å². The van der Waals surface area contributed by atoms with E-state index in [1.54, 1.807) is 23.5 Å². The number of phenols is 1. The van der Waals surface area contributed by atoms with Crippen molar-refractivity contribution >= 4 is 17.2 Å². The van der Waals surface area contributed by atoms with Gasteiger partial charge in [-0.25, -0.2) is 0 Å². The van der Waals surface area contributed by atoms with Crippen LogP contribution in [-0.2, 0) is 24.2 Å². The number of carbonyl (C=O) groups is 1. The highest BCUT2D eigenvalue weighted by Gasteiger charge is 2.21. The van der Waals surface area contributed by atoms with Crippen LogP contribution in [0.1, 0.15) is 29.3 Å². The average molecular weight is 344 g/mol. The van der Waals surface area contributed by atoms with E-state index in [2.05, 4.69) is 23.7 Å². The van der Waals surface area contributed by atoms with Gasteiger partial charge in [-0.3, -0.25) is 4.79 Å². The van der Waals surface area contributed by atoms with Crippen molar-refractivity contribution in [3.05, 3.63) is 51.7 Å². The summed E-state index contributed by atoms with van der Waals surface area (Å²) in [7, 11) is 0. The molecule has 0 unspecified atom stereocenters. The van der Waals surface area contributed by atoms with E-state index < -0.39 is 0 Å². The number of nitrogens with one attached hydrogen (secondary N) is 1. The number of rotatable bonds is 6. The molecule has 2 aromatic rings. The Bertz CT molecular complexity index is 681. The normalized spacial score (nSPS) is 15.1. The van der Waals surface area contributed by atoms with E-state index in [0.717, 1.165) is 32.4 Å². The molecule has 1 atom stereocenters. The first-order valence-electron chi connectivity index (χ1n) is 8.46. The number of carbonyl (C=O) groups excluding carboxylic acids is 1. The fraction of sp³-hybridized carbons (Fsp3) is 0.421. The van der Waals surface area contributed by atoms with Crippen molar-refractivity contribution in [3.63, 3.8) is 0 Å². The Morgan fingerprint density at radius 1 is 1.33 bits per heavy atom. The summed E-state index contributed by atoms with van der Waals surface area (Å²) in [5.74, 6) is 0.481. The number of benzene rings is 1. The van der Waals surface area contributed by atoms with Crippen LogP contribution in [-0.4, -0.2) is 35.0 Å². The lowest BCUT2D eigenvalue weighted by Crippen LogP contribution is -2.42. The van der Waals surface area contributed by atoms with Gasteiger partial charge in [-0.1, -0.05) is 12.1 Å². The number of phenolic OH excluding ortho intramolecular Hbond substituents is 1. The molecule has 0 aliphatic carbocycles. The Morgan fingerprint density at radius 3 is 2.92 bits per heavy atom. The van der Waals surface area contributed by atoms with E-state index in [9.17, 15) is 9.90 Å². The molecule has 1 aliphatic rings. The molecule has 2 heterocycles. The minimum atomic E-state index is 0.184. The van der Waals surface area contributed by atoms with Gasteiger partial charge >= 0.3 is 0 Å². The largest absolute Gasteiger partial charge is 0.508 e. The Kier molecular flexibility index (Phi) is 5.53. The summed E-state index contributed by atoms with van der Waals surface area (Å²) in [6.07, 6.45) is 2.88. The van der Waals surface area contributed by atoms with E-state index in [0.29, 0.717) is 12.3 Å². The van der Waals surface area contributed by atoms with Crippen molar-refractivity contribution in [2.45, 2.75) is 38.8 Å². The average Bonchev–Trinajstić information content (AvgIpc) is 3.06. The summed E-state index contributed by atoms with van der Waals surface area (Å²) in [5, 5.41) is 14.8. The van der Waals surface area contributed by atoms with Gasteiger partial charge < -0.3 is 15.3 Å². The van der Waals surface area contributed by atoms with Gasteiger partial charge in [0.2, 0.25) is 5.91 Å². The first-order chi connectivity index (χ1) is 11.6. The predicted octanol–water partition coefficient (Wildman–Crippen LogP) is 2.95. The van der Waals surface area contributed by atoms with E-state index in [-0.39, 0.29) is 11.9 Å². The lowest BCUT2D eigenvalue weighted by atomic mass is 10.1. The van der Waals surface area contributed by atoms with Gasteiger partial charge in [0.05, 0.1) is 6.54 Å². The molecule has 1 amide bonds. The number of hydrogen-bond donors (Lipinski definition) is 2. The molecular formula is C19H24N2O2S. The Labute approximate surface area is 147 Å². The van der Waals surface area contributed by atoms with Gasteiger partial charge in [0.25, 0.3) is 0 Å². The second-order valence-electron chi connectivity index (χ2n) is 6.42. The summed E-state index contributed by atoms with van der Waals surface area (Å²) < 4.78 is 0. The monoisotopic (exact) mass is 344 g/mol. The van der Waals surface area contributed by atoms with Gasteiger partial charge in [0.1, 0.15) is 5.75 Å². The zero-order chi connectivity index (χ0) is 16.9. The van der Waals surface area contributed by atoms with Crippen molar-refractivity contribution in [1.29, 1.82) is 0 Å². The molecule has 0 fully saturated rings. The number of nitrogens with zero attached hydrogens (tertiary/aromatic N) is 1. The zero-order valence-electron chi connectivity index (χ0n) is 14.0. The molecule has 128 valence electrons. The molecule has 2 N–H and O–H groups in total. The maximum absolute atomic E-state index is 12.4. The van der Waals surface area contributed by atoms with Crippen LogP contribution in [0.2, 0.25) is 0 Å². The van der Waals surface area contributed by atoms with Crippen molar-refractivity contribution in [3.8, 4) is 5.75 Å². The minimum Gasteiger partial charge on any atom is -0.508 e. The summed E-state index contributed by atoms with van der Waals surface area (Å²) in [6.45, 7) is 4.09. The SMILES string of the molecule is C[C@H](CCc1ccc(O)cc1)NCC(=O)N1CCc2sccc2C1. The number of aryl methyl sites for hydroxylation is 1. The molecule has 3 rings (SSSR count). The number of aromatic hydroxyl groups is 1. The van der Waals surface area contributed by atoms with Gasteiger partial charge in [-0.05, 0) is 60.9 Å². The Hall–Kier alpha value is -1.85. The topological polar surface area (TPSA) is 52.6 Å². The summed E-state index contributed by atoms with van der Waals surface area (Å²) in [4.78, 5) is 15.8. The van der Waals surface area contributed by atoms with Gasteiger partial charge in [0.15, 0.2) is 0 Å². The van der Waals surface area contributed by atoms with Crippen LogP contribution in [0.3, 0.4) is 0 Å². The van der Waals surface area contributed by atoms with Gasteiger partial charge in [0, 0.05) is 24.0 Å². The molecule has 0 bridgehead atoms. The maximum Gasteiger partial charge on any atom is 0.236 e. The van der Waals surface area contributed by atoms with Crippen LogP contribution in [0.25, 0.3) is 0 Å². The molecule has 4 nitrogen and oxygen atoms in total. The highest BCUT2D eigenvalue weighted by atomic mass is 32.1. The molecule has 0 saturated heterocycles. The molecule has 0 saturated carbocycles. The Balaban J connectivity index is 1.40. The number of thiophene rings is 1. The van der Waals surface area contributed by atoms with Crippen LogP contribution in [0.15, 0.2) is 35.7 Å². The second-order valence-corrected chi connectivity index (χ2v) is 7.42. The first-order valence-corrected chi connectivity index (χ1v) is 9.34. The fourth-order valence-electron chi connectivity index (χ4n) is 2.98. The van der Waals surface area contributed by atoms with E-state index in [1.165, 1.54) is 16.0 Å². The lowest BCUT2D eigenvalue weighted by molar-refractivity contribution is -0.131. The molecule has 1 aromatic heterocycles. The van der Waals surface area contributed by atoms with Gasteiger partial charge in [-0.15, -0.1) is 11.3 Å². The van der Waals surface area contributed by atoms with E-state index in [1.807, 2.05) is 17.0 Å². The van der Waals surface area contributed by atoms with E-state index in [4.69, 9.17) is 0 Å². The molecular weight excluding hydrogens is 320 g/mol. The summed E-state index contributed by atoms with van der Waals surface area (Å²) >= 11 is 1.79. The number of amides is 1. The highest BCUT2D eigenvalue weighted by Crippen LogP contribution is 2.23. The van der Waals surface area contributed by atoms with Gasteiger partial charge in [-0.2, -0.15) is 0 Å². The lowest BCUT2D eigenvalue weighted by Gasteiger charge is -2.27. The third-order valence-corrected chi connectivity index (χ3v) is 5.59. The second kappa shape index (κ2) is 7.81. The molecule has 0 spiro atoms. The predicted molar refractivity (Wildman–Crippen MR) is 97.3 cm³/mol. The Morgan fingerprint density at radius 2 is 2.12 bits per heavy atom. The fourth-order valence-corrected chi connectivity index (χ4v) is 3.87. The standard InChI is InChI=1S/C19H24N2O2S/c1-14(2-3-15-4-6-17(22)7-5-15)20-12-19(23)21-10-8-18-16(13-21)9-11-24-18/h4-7,9,11,14,20,22H,2-3,8,10,12-13H2,1H3/t14-/m1/s1. The molecule has 24 heavy (non-hydrogen) atoms. The van der Waals surface area contributed by atoms with E-state index >= 15 is 0 Å². The number of fused-ring (bicyclic) bond motifs is 1. The van der Waals surface area contributed by atoms with Crippen molar-refractivity contribution in [1.82, 2.24) is 10.2 Å². The highest BCUT2D eigenvalue weighted by molar-refractivity contribution is 7.10.